The zero-order valence-corrected chi connectivity index (χ0v) is 20.7. The number of hydrogen-bond donors (Lipinski definition) is 2. The first-order valence-electron chi connectivity index (χ1n) is 10.6. The number of halogens is 1. The Morgan fingerprint density at radius 3 is 2.77 bits per heavy atom. The van der Waals surface area contributed by atoms with Gasteiger partial charge in [-0.1, -0.05) is 31.1 Å². The molecule has 2 heterocycles. The zero-order valence-electron chi connectivity index (χ0n) is 18.4. The normalized spacial score (nSPS) is 13.5. The second-order valence-corrected chi connectivity index (χ2v) is 7.24. The maximum Gasteiger partial charge on any atom is 0.265 e. The number of rotatable bonds is 9. The number of amides is 1. The molecule has 2 N–H and O–H groups in total. The van der Waals surface area contributed by atoms with E-state index in [0.717, 1.165) is 42.2 Å². The Morgan fingerprint density at radius 2 is 2.03 bits per heavy atom. The van der Waals surface area contributed by atoms with Crippen molar-refractivity contribution in [3.05, 3.63) is 41.8 Å². The van der Waals surface area contributed by atoms with E-state index < -0.39 is 0 Å². The molecule has 8 nitrogen and oxygen atoms in total. The molecule has 0 radical (unpaired) electrons. The van der Waals surface area contributed by atoms with E-state index in [1.165, 1.54) is 0 Å². The molecule has 1 aromatic carbocycles. The second kappa shape index (κ2) is 12.5. The minimum Gasteiger partial charge on any atom is -0.482 e. The quantitative estimate of drug-likeness (QED) is 0.218. The van der Waals surface area contributed by atoms with Gasteiger partial charge < -0.3 is 24.8 Å². The Balaban J connectivity index is 0.00000341. The van der Waals surface area contributed by atoms with Crippen molar-refractivity contribution in [3.8, 4) is 5.75 Å². The van der Waals surface area contributed by atoms with Gasteiger partial charge in [-0.15, -0.1) is 24.0 Å². The molecule has 1 amide bonds. The Kier molecular flexibility index (Phi) is 10.1. The van der Waals surface area contributed by atoms with Crippen LogP contribution in [-0.4, -0.2) is 43.8 Å². The van der Waals surface area contributed by atoms with Crippen molar-refractivity contribution in [2.75, 3.05) is 31.6 Å². The van der Waals surface area contributed by atoms with Gasteiger partial charge in [-0.25, -0.2) is 0 Å². The van der Waals surface area contributed by atoms with Crippen LogP contribution in [0.5, 0.6) is 5.75 Å². The van der Waals surface area contributed by atoms with Gasteiger partial charge in [-0.05, 0) is 31.4 Å². The summed E-state index contributed by atoms with van der Waals surface area (Å²) < 4.78 is 10.9. The molecule has 0 saturated carbocycles. The monoisotopic (exact) mass is 541 g/mol. The highest BCUT2D eigenvalue weighted by molar-refractivity contribution is 14.0. The predicted molar refractivity (Wildman–Crippen MR) is 132 cm³/mol. The average molecular weight is 541 g/mol. The van der Waals surface area contributed by atoms with Gasteiger partial charge in [-0.2, -0.15) is 0 Å². The van der Waals surface area contributed by atoms with E-state index in [-0.39, 0.29) is 36.5 Å². The van der Waals surface area contributed by atoms with Crippen LogP contribution in [0, 0.1) is 0 Å². The fourth-order valence-electron chi connectivity index (χ4n) is 3.55. The van der Waals surface area contributed by atoms with E-state index in [1.54, 1.807) is 11.9 Å². The smallest absolute Gasteiger partial charge is 0.265 e. The van der Waals surface area contributed by atoms with Gasteiger partial charge in [0.1, 0.15) is 5.75 Å². The van der Waals surface area contributed by atoms with Crippen molar-refractivity contribution >= 4 is 41.5 Å². The summed E-state index contributed by atoms with van der Waals surface area (Å²) in [5.41, 5.74) is 1.84. The molecule has 0 aliphatic carbocycles. The first-order valence-corrected chi connectivity index (χ1v) is 10.6. The number of nitrogens with zero attached hydrogens (tertiary/aromatic N) is 3. The Hall–Kier alpha value is -2.30. The summed E-state index contributed by atoms with van der Waals surface area (Å²) in [5.74, 6) is 2.64. The summed E-state index contributed by atoms with van der Waals surface area (Å²) in [7, 11) is 1.73. The van der Waals surface area contributed by atoms with Crippen LogP contribution in [0.3, 0.4) is 0 Å². The highest BCUT2D eigenvalue weighted by atomic mass is 127. The van der Waals surface area contributed by atoms with Crippen LogP contribution in [0.25, 0.3) is 0 Å². The molecule has 1 aromatic heterocycles. The van der Waals surface area contributed by atoms with Gasteiger partial charge in [0.25, 0.3) is 5.91 Å². The SMILES string of the molecule is CCC(CC)c1cc(CNC(=NC)NCCCN2C(=O)COc3ccccc32)on1.I. The van der Waals surface area contributed by atoms with Crippen molar-refractivity contribution < 1.29 is 14.1 Å². The summed E-state index contributed by atoms with van der Waals surface area (Å²) in [5, 5.41) is 10.7. The van der Waals surface area contributed by atoms with E-state index in [0.29, 0.717) is 31.5 Å². The topological polar surface area (TPSA) is 92.0 Å². The lowest BCUT2D eigenvalue weighted by Crippen LogP contribution is -2.41. The van der Waals surface area contributed by atoms with Crippen LogP contribution >= 0.6 is 24.0 Å². The van der Waals surface area contributed by atoms with Crippen LogP contribution in [-0.2, 0) is 11.3 Å². The molecule has 0 bridgehead atoms. The lowest BCUT2D eigenvalue weighted by molar-refractivity contribution is -0.121. The highest BCUT2D eigenvalue weighted by Gasteiger charge is 2.24. The number of aliphatic imine (C=N–C) groups is 1. The van der Waals surface area contributed by atoms with Crippen molar-refractivity contribution in [2.45, 2.75) is 45.6 Å². The lowest BCUT2D eigenvalue weighted by atomic mass is 9.99. The molecule has 0 fully saturated rings. The minimum atomic E-state index is -0.0187. The molecule has 0 spiro atoms. The number of anilines is 1. The number of para-hydroxylation sites is 2. The molecule has 1 aliphatic rings. The van der Waals surface area contributed by atoms with Crippen LogP contribution < -0.4 is 20.3 Å². The zero-order chi connectivity index (χ0) is 21.3. The average Bonchev–Trinajstić information content (AvgIpc) is 3.24. The van der Waals surface area contributed by atoms with Crippen LogP contribution in [0.2, 0.25) is 0 Å². The first kappa shape index (κ1) is 25.0. The Labute approximate surface area is 200 Å². The number of guanidine groups is 1. The van der Waals surface area contributed by atoms with Gasteiger partial charge in [0.15, 0.2) is 18.3 Å². The third kappa shape index (κ3) is 6.59. The van der Waals surface area contributed by atoms with E-state index in [1.807, 2.05) is 30.3 Å². The Morgan fingerprint density at radius 1 is 1.26 bits per heavy atom. The van der Waals surface area contributed by atoms with Crippen molar-refractivity contribution in [2.24, 2.45) is 4.99 Å². The number of aromatic nitrogens is 1. The summed E-state index contributed by atoms with van der Waals surface area (Å²) in [6, 6.07) is 9.63. The largest absolute Gasteiger partial charge is 0.482 e. The molecular weight excluding hydrogens is 509 g/mol. The standard InChI is InChI=1S/C22H31N5O3.HI/c1-4-16(5-2)18-13-17(30-26-18)14-25-22(23-3)24-11-8-12-27-19-9-6-7-10-20(19)29-15-21(27)28;/h6-7,9-10,13,16H,4-5,8,11-12,14-15H2,1-3H3,(H2,23,24,25);1H. The fraction of sp³-hybridized carbons (Fsp3) is 0.500. The predicted octanol–water partition coefficient (Wildman–Crippen LogP) is 3.68. The summed E-state index contributed by atoms with van der Waals surface area (Å²) in [6.07, 6.45) is 2.88. The second-order valence-electron chi connectivity index (χ2n) is 7.24. The first-order chi connectivity index (χ1) is 14.7. The third-order valence-corrected chi connectivity index (χ3v) is 5.29. The van der Waals surface area contributed by atoms with Gasteiger partial charge in [0, 0.05) is 32.1 Å². The number of benzene rings is 1. The molecule has 31 heavy (non-hydrogen) atoms. The van der Waals surface area contributed by atoms with Gasteiger partial charge in [-0.3, -0.25) is 9.79 Å². The van der Waals surface area contributed by atoms with Gasteiger partial charge in [0.2, 0.25) is 0 Å². The van der Waals surface area contributed by atoms with E-state index in [4.69, 9.17) is 9.26 Å². The highest BCUT2D eigenvalue weighted by Crippen LogP contribution is 2.31. The van der Waals surface area contributed by atoms with E-state index >= 15 is 0 Å². The molecule has 170 valence electrons. The molecule has 0 saturated heterocycles. The molecular formula is C22H32IN5O3. The van der Waals surface area contributed by atoms with Crippen molar-refractivity contribution in [1.29, 1.82) is 0 Å². The third-order valence-electron chi connectivity index (χ3n) is 5.29. The van der Waals surface area contributed by atoms with Crippen LogP contribution in [0.15, 0.2) is 39.8 Å². The maximum atomic E-state index is 12.2. The molecule has 0 atom stereocenters. The van der Waals surface area contributed by atoms with Gasteiger partial charge >= 0.3 is 0 Å². The number of ether oxygens (including phenoxy) is 1. The summed E-state index contributed by atoms with van der Waals surface area (Å²) in [6.45, 7) is 6.23. The lowest BCUT2D eigenvalue weighted by Gasteiger charge is -2.29. The molecule has 1 aliphatic heterocycles. The van der Waals surface area contributed by atoms with Crippen LogP contribution in [0.1, 0.15) is 50.5 Å². The number of hydrogen-bond acceptors (Lipinski definition) is 5. The van der Waals surface area contributed by atoms with Gasteiger partial charge in [0.05, 0.1) is 17.9 Å². The minimum absolute atomic E-state index is 0. The summed E-state index contributed by atoms with van der Waals surface area (Å²) in [4.78, 5) is 18.2. The maximum absolute atomic E-state index is 12.2. The molecule has 2 aromatic rings. The summed E-state index contributed by atoms with van der Waals surface area (Å²) >= 11 is 0. The molecule has 9 heteroatoms. The molecule has 0 unspecified atom stereocenters. The number of carbonyl (C=O) groups excluding carboxylic acids is 1. The van der Waals surface area contributed by atoms with E-state index in [9.17, 15) is 4.79 Å². The number of fused-ring (bicyclic) bond motifs is 1. The van der Waals surface area contributed by atoms with Crippen LogP contribution in [0.4, 0.5) is 5.69 Å². The van der Waals surface area contributed by atoms with Crippen molar-refractivity contribution in [1.82, 2.24) is 15.8 Å². The van der Waals surface area contributed by atoms with E-state index in [2.05, 4.69) is 34.6 Å². The number of nitrogens with one attached hydrogen (secondary N) is 2. The van der Waals surface area contributed by atoms with Crippen molar-refractivity contribution in [3.63, 3.8) is 0 Å². The Bertz CT molecular complexity index is 866. The fourth-order valence-corrected chi connectivity index (χ4v) is 3.55. The molecule has 3 rings (SSSR count). The number of carbonyl (C=O) groups is 1.